The van der Waals surface area contributed by atoms with Gasteiger partial charge in [0.15, 0.2) is 0 Å². The first-order valence-electron chi connectivity index (χ1n) is 24.0. The van der Waals surface area contributed by atoms with Gasteiger partial charge in [-0.2, -0.15) is 0 Å². The normalized spacial score (nSPS) is 11.8. The topological polar surface area (TPSA) is 6.48 Å². The van der Waals surface area contributed by atoms with Crippen LogP contribution in [0.25, 0.3) is 32.7 Å². The minimum absolute atomic E-state index is 0.141. The first-order chi connectivity index (χ1) is 32.9. The zero-order valence-corrected chi connectivity index (χ0v) is 40.7. The molecule has 0 aliphatic carbocycles. The zero-order chi connectivity index (χ0) is 47.2. The fourth-order valence-electron chi connectivity index (χ4n) is 10.2. The standard InChI is InChI=1S/C66H60N2/c1-45-23-27-51(28-24-45)65(5,6)53-31-35-55(36-32-53)67(63-21-13-17-49-15-9-11-19-61(49)63)57-39-41-59(47(3)43-57)60-42-40-58(44-48(60)4)68(64-22-14-18-50-16-10-12-20-62(50)64)56-37-33-54(34-38-56)66(7,8)52-29-25-46(2)26-30-52/h9-44H,1-8H3. The van der Waals surface area contributed by atoms with Gasteiger partial charge in [-0.3, -0.25) is 0 Å². The summed E-state index contributed by atoms with van der Waals surface area (Å²) in [7, 11) is 0. The second-order valence-electron chi connectivity index (χ2n) is 19.7. The van der Waals surface area contributed by atoms with E-state index < -0.39 is 0 Å². The highest BCUT2D eigenvalue weighted by molar-refractivity contribution is 6.00. The summed E-state index contributed by atoms with van der Waals surface area (Å²) in [5.74, 6) is 0. The average molecular weight is 881 g/mol. The molecule has 0 saturated carbocycles. The van der Waals surface area contributed by atoms with Crippen molar-refractivity contribution < 1.29 is 0 Å². The molecule has 0 unspecified atom stereocenters. The molecule has 0 fully saturated rings. The molecule has 0 amide bonds. The Balaban J connectivity index is 1.02. The lowest BCUT2D eigenvalue weighted by Crippen LogP contribution is -2.19. The van der Waals surface area contributed by atoms with Crippen molar-refractivity contribution in [1.82, 2.24) is 0 Å². The van der Waals surface area contributed by atoms with Crippen LogP contribution in [0.15, 0.2) is 218 Å². The number of rotatable bonds is 11. The number of benzene rings is 10. The number of anilines is 6. The lowest BCUT2D eigenvalue weighted by molar-refractivity contribution is 0.640. The van der Waals surface area contributed by atoms with E-state index in [0.29, 0.717) is 0 Å². The van der Waals surface area contributed by atoms with Gasteiger partial charge in [0.25, 0.3) is 0 Å². The SMILES string of the molecule is Cc1ccc(C(C)(C)c2ccc(N(c3ccc(-c4ccc(N(c5ccc(C(C)(C)c6ccc(C)cc6)cc5)c5cccc6ccccc56)cc4C)c(C)c3)c3cccc4ccccc34)cc2)cc1. The van der Waals surface area contributed by atoms with Crippen molar-refractivity contribution in [2.45, 2.75) is 66.2 Å². The number of fused-ring (bicyclic) bond motifs is 2. The molecule has 0 spiro atoms. The van der Waals surface area contributed by atoms with Gasteiger partial charge in [0.05, 0.1) is 11.4 Å². The van der Waals surface area contributed by atoms with E-state index >= 15 is 0 Å². The number of hydrogen-bond donors (Lipinski definition) is 0. The van der Waals surface area contributed by atoms with Gasteiger partial charge >= 0.3 is 0 Å². The molecule has 0 aliphatic rings. The van der Waals surface area contributed by atoms with Crippen LogP contribution in [0.5, 0.6) is 0 Å². The maximum absolute atomic E-state index is 2.42. The van der Waals surface area contributed by atoms with Gasteiger partial charge in [0, 0.05) is 44.4 Å². The van der Waals surface area contributed by atoms with E-state index in [2.05, 4.69) is 284 Å². The molecule has 0 aliphatic heterocycles. The van der Waals surface area contributed by atoms with Crippen LogP contribution in [0.2, 0.25) is 0 Å². The van der Waals surface area contributed by atoms with E-state index in [1.165, 1.54) is 77.2 Å². The zero-order valence-electron chi connectivity index (χ0n) is 40.7. The first-order valence-corrected chi connectivity index (χ1v) is 24.0. The largest absolute Gasteiger partial charge is 0.310 e. The summed E-state index contributed by atoms with van der Waals surface area (Å²) in [4.78, 5) is 4.85. The van der Waals surface area contributed by atoms with Gasteiger partial charge in [0.2, 0.25) is 0 Å². The molecule has 2 nitrogen and oxygen atoms in total. The Morgan fingerprint density at radius 2 is 0.603 bits per heavy atom. The summed E-state index contributed by atoms with van der Waals surface area (Å²) in [5, 5.41) is 4.87. The monoisotopic (exact) mass is 880 g/mol. The maximum atomic E-state index is 2.42. The van der Waals surface area contributed by atoms with Crippen molar-refractivity contribution in [3.05, 3.63) is 263 Å². The number of aryl methyl sites for hydroxylation is 4. The van der Waals surface area contributed by atoms with Crippen LogP contribution >= 0.6 is 0 Å². The van der Waals surface area contributed by atoms with Crippen molar-refractivity contribution in [2.24, 2.45) is 0 Å². The molecule has 10 aromatic carbocycles. The van der Waals surface area contributed by atoms with Gasteiger partial charge in [-0.1, -0.05) is 197 Å². The predicted octanol–water partition coefficient (Wildman–Crippen LogP) is 18.5. The Bertz CT molecular complexity index is 3170. The summed E-state index contributed by atoms with van der Waals surface area (Å²) in [6.07, 6.45) is 0. The van der Waals surface area contributed by atoms with Crippen LogP contribution in [-0.4, -0.2) is 0 Å². The van der Waals surface area contributed by atoms with Crippen LogP contribution in [0.4, 0.5) is 34.1 Å². The van der Waals surface area contributed by atoms with Crippen molar-refractivity contribution in [1.29, 1.82) is 0 Å². The Hall–Kier alpha value is -7.68. The maximum Gasteiger partial charge on any atom is 0.0540 e. The second kappa shape index (κ2) is 17.8. The summed E-state index contributed by atoms with van der Waals surface area (Å²) in [5.41, 5.74) is 19.2. The molecule has 0 bridgehead atoms. The van der Waals surface area contributed by atoms with E-state index in [4.69, 9.17) is 0 Å². The fraction of sp³-hybridized carbons (Fsp3) is 0.152. The van der Waals surface area contributed by atoms with Crippen molar-refractivity contribution in [3.63, 3.8) is 0 Å². The molecule has 0 N–H and O–H groups in total. The van der Waals surface area contributed by atoms with E-state index in [1.54, 1.807) is 0 Å². The summed E-state index contributed by atoms with van der Waals surface area (Å²) >= 11 is 0. The fourth-order valence-corrected chi connectivity index (χ4v) is 10.2. The first kappa shape index (κ1) is 44.2. The van der Waals surface area contributed by atoms with E-state index in [0.717, 1.165) is 34.1 Å². The highest BCUT2D eigenvalue weighted by Crippen LogP contribution is 2.45. The molecule has 0 radical (unpaired) electrons. The van der Waals surface area contributed by atoms with Crippen molar-refractivity contribution >= 4 is 55.7 Å². The van der Waals surface area contributed by atoms with Crippen LogP contribution in [-0.2, 0) is 10.8 Å². The third kappa shape index (κ3) is 8.26. The van der Waals surface area contributed by atoms with Crippen LogP contribution in [0, 0.1) is 27.7 Å². The lowest BCUT2D eigenvalue weighted by atomic mass is 9.78. The Morgan fingerprint density at radius 3 is 0.956 bits per heavy atom. The highest BCUT2D eigenvalue weighted by Gasteiger charge is 2.26. The lowest BCUT2D eigenvalue weighted by Gasteiger charge is -2.30. The molecule has 2 heteroatoms. The third-order valence-corrected chi connectivity index (χ3v) is 14.5. The molecule has 10 aromatic rings. The highest BCUT2D eigenvalue weighted by atomic mass is 15.1. The van der Waals surface area contributed by atoms with Crippen LogP contribution in [0.3, 0.4) is 0 Å². The number of hydrogen-bond acceptors (Lipinski definition) is 2. The van der Waals surface area contributed by atoms with Crippen molar-refractivity contribution in [2.75, 3.05) is 9.80 Å². The van der Waals surface area contributed by atoms with Crippen LogP contribution in [0.1, 0.15) is 72.2 Å². The van der Waals surface area contributed by atoms with Gasteiger partial charge in [-0.05, 0) is 144 Å². The van der Waals surface area contributed by atoms with Gasteiger partial charge < -0.3 is 9.80 Å². The second-order valence-corrected chi connectivity index (χ2v) is 19.7. The van der Waals surface area contributed by atoms with Crippen molar-refractivity contribution in [3.8, 4) is 11.1 Å². The third-order valence-electron chi connectivity index (χ3n) is 14.5. The molecule has 0 saturated heterocycles. The van der Waals surface area contributed by atoms with E-state index in [9.17, 15) is 0 Å². The Labute approximate surface area is 403 Å². The minimum atomic E-state index is -0.141. The smallest absolute Gasteiger partial charge is 0.0540 e. The van der Waals surface area contributed by atoms with Gasteiger partial charge in [-0.25, -0.2) is 0 Å². The molecule has 0 aromatic heterocycles. The summed E-state index contributed by atoms with van der Waals surface area (Å²) < 4.78 is 0. The minimum Gasteiger partial charge on any atom is -0.310 e. The predicted molar refractivity (Wildman–Crippen MR) is 292 cm³/mol. The number of nitrogens with zero attached hydrogens (tertiary/aromatic N) is 2. The summed E-state index contributed by atoms with van der Waals surface area (Å²) in [6, 6.07) is 80.9. The Kier molecular flexibility index (Phi) is 11.6. The van der Waals surface area contributed by atoms with E-state index in [1.807, 2.05) is 0 Å². The summed E-state index contributed by atoms with van der Waals surface area (Å²) in [6.45, 7) is 18.1. The van der Waals surface area contributed by atoms with Gasteiger partial charge in [-0.15, -0.1) is 0 Å². The molecular weight excluding hydrogens is 821 g/mol. The molecule has 0 atom stereocenters. The molecular formula is C66H60N2. The average Bonchev–Trinajstić information content (AvgIpc) is 3.35. The molecule has 68 heavy (non-hydrogen) atoms. The van der Waals surface area contributed by atoms with Gasteiger partial charge in [0.1, 0.15) is 0 Å². The van der Waals surface area contributed by atoms with E-state index in [-0.39, 0.29) is 10.8 Å². The van der Waals surface area contributed by atoms with Crippen LogP contribution < -0.4 is 9.80 Å². The Morgan fingerprint density at radius 1 is 0.294 bits per heavy atom. The molecule has 10 rings (SSSR count). The molecule has 334 valence electrons. The molecule has 0 heterocycles. The quantitative estimate of drug-likeness (QED) is 0.128.